The number of hydrogen-bond acceptors (Lipinski definition) is 4. The van der Waals surface area contributed by atoms with Crippen LogP contribution in [-0.4, -0.2) is 46.1 Å². The van der Waals surface area contributed by atoms with Crippen molar-refractivity contribution in [2.45, 2.75) is 199 Å². The van der Waals surface area contributed by atoms with Gasteiger partial charge in [0.15, 0.2) is 0 Å². The van der Waals surface area contributed by atoms with Gasteiger partial charge >= 0.3 is 0 Å². The molecule has 0 spiro atoms. The van der Waals surface area contributed by atoms with E-state index in [1.807, 2.05) is 6.08 Å². The van der Waals surface area contributed by atoms with Gasteiger partial charge in [-0.1, -0.05) is 172 Å². The molecule has 0 rings (SSSR count). The van der Waals surface area contributed by atoms with E-state index in [0.29, 0.717) is 6.42 Å². The van der Waals surface area contributed by atoms with Gasteiger partial charge in [0.1, 0.15) is 6.10 Å². The van der Waals surface area contributed by atoms with E-state index in [9.17, 15) is 20.1 Å². The molecule has 0 aromatic carbocycles. The average Bonchev–Trinajstić information content (AvgIpc) is 3.03. The summed E-state index contributed by atoms with van der Waals surface area (Å²) in [5.74, 6) is -0.518. The van der Waals surface area contributed by atoms with Gasteiger partial charge in [0.25, 0.3) is 0 Å². The molecule has 3 unspecified atom stereocenters. The summed E-state index contributed by atoms with van der Waals surface area (Å²) in [7, 11) is 0. The Morgan fingerprint density at radius 3 is 1.39 bits per heavy atom. The zero-order valence-corrected chi connectivity index (χ0v) is 29.0. The van der Waals surface area contributed by atoms with E-state index in [0.717, 1.165) is 44.9 Å². The van der Waals surface area contributed by atoms with E-state index in [1.165, 1.54) is 116 Å². The summed E-state index contributed by atoms with van der Waals surface area (Å²) < 4.78 is 0. The first-order valence-electron chi connectivity index (χ1n) is 18.8. The van der Waals surface area contributed by atoms with E-state index in [1.54, 1.807) is 6.08 Å². The largest absolute Gasteiger partial charge is 0.394 e. The molecular weight excluding hydrogens is 546 g/mol. The van der Waals surface area contributed by atoms with Gasteiger partial charge in [0.05, 0.1) is 18.8 Å². The summed E-state index contributed by atoms with van der Waals surface area (Å²) in [5, 5.41) is 32.9. The average molecular weight is 620 g/mol. The Balaban J connectivity index is 3.81. The minimum Gasteiger partial charge on any atom is -0.394 e. The zero-order valence-electron chi connectivity index (χ0n) is 29.0. The maximum atomic E-state index is 12.4. The van der Waals surface area contributed by atoms with Crippen LogP contribution >= 0.6 is 0 Å². The number of nitrogens with one attached hydrogen (secondary N) is 1. The number of hydrogen-bond donors (Lipinski definition) is 4. The summed E-state index contributed by atoms with van der Waals surface area (Å²) in [6.07, 6.45) is 41.6. The maximum Gasteiger partial charge on any atom is 0.249 e. The van der Waals surface area contributed by atoms with Gasteiger partial charge in [-0.05, 0) is 44.9 Å². The van der Waals surface area contributed by atoms with Gasteiger partial charge in [0.2, 0.25) is 5.91 Å². The van der Waals surface area contributed by atoms with Crippen LogP contribution in [0.15, 0.2) is 36.5 Å². The van der Waals surface area contributed by atoms with Crippen LogP contribution in [0.1, 0.15) is 181 Å². The molecule has 0 aromatic heterocycles. The number of carbonyl (C=O) groups is 1. The lowest BCUT2D eigenvalue weighted by Crippen LogP contribution is -2.48. The molecule has 0 aliphatic rings. The smallest absolute Gasteiger partial charge is 0.249 e. The van der Waals surface area contributed by atoms with Crippen molar-refractivity contribution < 1.29 is 20.1 Å². The number of aliphatic hydroxyl groups is 3. The van der Waals surface area contributed by atoms with Crippen molar-refractivity contribution in [1.82, 2.24) is 5.32 Å². The summed E-state index contributed by atoms with van der Waals surface area (Å²) in [5.41, 5.74) is 0. The first-order valence-corrected chi connectivity index (χ1v) is 18.8. The first-order chi connectivity index (χ1) is 21.6. The van der Waals surface area contributed by atoms with Crippen molar-refractivity contribution in [3.05, 3.63) is 36.5 Å². The minimum absolute atomic E-state index is 0.380. The molecule has 44 heavy (non-hydrogen) atoms. The van der Waals surface area contributed by atoms with Crippen molar-refractivity contribution in [1.29, 1.82) is 0 Å². The van der Waals surface area contributed by atoms with E-state index in [2.05, 4.69) is 43.5 Å². The van der Waals surface area contributed by atoms with Gasteiger partial charge in [-0.15, -0.1) is 0 Å². The van der Waals surface area contributed by atoms with Gasteiger partial charge in [-0.25, -0.2) is 0 Å². The second-order valence-corrected chi connectivity index (χ2v) is 12.8. The summed E-state index contributed by atoms with van der Waals surface area (Å²) >= 11 is 0. The maximum absolute atomic E-state index is 12.4. The van der Waals surface area contributed by atoms with Crippen molar-refractivity contribution in [2.24, 2.45) is 0 Å². The highest BCUT2D eigenvalue weighted by molar-refractivity contribution is 5.80. The topological polar surface area (TPSA) is 89.8 Å². The zero-order chi connectivity index (χ0) is 32.4. The number of amides is 1. The summed E-state index contributed by atoms with van der Waals surface area (Å²) in [6.45, 7) is 4.13. The molecule has 1 amide bonds. The Kier molecular flexibility index (Phi) is 33.3. The molecule has 258 valence electrons. The fourth-order valence-corrected chi connectivity index (χ4v) is 5.45. The minimum atomic E-state index is -1.10. The number of aliphatic hydroxyl groups excluding tert-OH is 3. The lowest BCUT2D eigenvalue weighted by atomic mass is 10.0. The standard InChI is InChI=1S/C39H73NO4/c1-3-5-7-9-11-13-15-17-19-21-23-25-27-29-31-33-37(42)36(35-41)40-39(44)38(43)34-32-30-28-26-24-22-20-18-16-14-12-10-8-6-4-2/h15,17,23,25,31,33,36-38,41-43H,3-14,16,18-22,24,26-30,32,34-35H2,1-2H3,(H,40,44)/b17-15+,25-23+,33-31+. The van der Waals surface area contributed by atoms with E-state index >= 15 is 0 Å². The fraction of sp³-hybridized carbons (Fsp3) is 0.821. The van der Waals surface area contributed by atoms with Crippen molar-refractivity contribution in [3.8, 4) is 0 Å². The van der Waals surface area contributed by atoms with Gasteiger partial charge in [-0.2, -0.15) is 0 Å². The van der Waals surface area contributed by atoms with E-state index < -0.39 is 24.2 Å². The molecule has 0 bridgehead atoms. The third-order valence-electron chi connectivity index (χ3n) is 8.46. The van der Waals surface area contributed by atoms with Gasteiger partial charge < -0.3 is 20.6 Å². The fourth-order valence-electron chi connectivity index (χ4n) is 5.45. The van der Waals surface area contributed by atoms with E-state index in [-0.39, 0.29) is 6.61 Å². The highest BCUT2D eigenvalue weighted by atomic mass is 16.3. The highest BCUT2D eigenvalue weighted by Gasteiger charge is 2.22. The molecule has 0 aromatic rings. The first kappa shape index (κ1) is 42.6. The summed E-state index contributed by atoms with van der Waals surface area (Å²) in [4.78, 5) is 12.4. The van der Waals surface area contributed by atoms with Crippen LogP contribution < -0.4 is 5.32 Å². The van der Waals surface area contributed by atoms with Crippen molar-refractivity contribution >= 4 is 5.91 Å². The second-order valence-electron chi connectivity index (χ2n) is 12.8. The number of unbranched alkanes of at least 4 members (excludes halogenated alkanes) is 21. The molecule has 3 atom stereocenters. The Bertz CT molecular complexity index is 690. The predicted octanol–water partition coefficient (Wildman–Crippen LogP) is 10.0. The molecule has 0 saturated carbocycles. The third-order valence-corrected chi connectivity index (χ3v) is 8.46. The van der Waals surface area contributed by atoms with Crippen LogP contribution in [0.4, 0.5) is 0 Å². The van der Waals surface area contributed by atoms with Gasteiger partial charge in [-0.3, -0.25) is 4.79 Å². The SMILES string of the molecule is CCCCCCC/C=C/CC/C=C/CC/C=C/C(O)C(CO)NC(=O)C(O)CCCCCCCCCCCCCCCCC. The predicted molar refractivity (Wildman–Crippen MR) is 190 cm³/mol. The lowest BCUT2D eigenvalue weighted by molar-refractivity contribution is -0.131. The van der Waals surface area contributed by atoms with Gasteiger partial charge in [0, 0.05) is 0 Å². The Morgan fingerprint density at radius 1 is 0.545 bits per heavy atom. The molecule has 4 N–H and O–H groups in total. The molecule has 0 saturated heterocycles. The van der Waals surface area contributed by atoms with Crippen LogP contribution in [0.5, 0.6) is 0 Å². The second kappa shape index (κ2) is 34.4. The highest BCUT2D eigenvalue weighted by Crippen LogP contribution is 2.14. The van der Waals surface area contributed by atoms with Crippen LogP contribution in [-0.2, 0) is 4.79 Å². The third kappa shape index (κ3) is 29.3. The molecule has 0 aliphatic heterocycles. The molecular formula is C39H73NO4. The number of carbonyl (C=O) groups excluding carboxylic acids is 1. The normalized spacial score (nSPS) is 14.2. The molecule has 0 aliphatic carbocycles. The van der Waals surface area contributed by atoms with Crippen LogP contribution in [0.2, 0.25) is 0 Å². The van der Waals surface area contributed by atoms with Crippen LogP contribution in [0.3, 0.4) is 0 Å². The van der Waals surface area contributed by atoms with Crippen LogP contribution in [0, 0.1) is 0 Å². The van der Waals surface area contributed by atoms with E-state index in [4.69, 9.17) is 0 Å². The Labute approximate surface area is 273 Å². The number of allylic oxidation sites excluding steroid dienone is 5. The molecule has 5 nitrogen and oxygen atoms in total. The van der Waals surface area contributed by atoms with Crippen LogP contribution in [0.25, 0.3) is 0 Å². The number of rotatable bonds is 33. The molecule has 5 heteroatoms. The lowest BCUT2D eigenvalue weighted by Gasteiger charge is -2.21. The Morgan fingerprint density at radius 2 is 0.932 bits per heavy atom. The monoisotopic (exact) mass is 620 g/mol. The quantitative estimate of drug-likeness (QED) is 0.0435. The van der Waals surface area contributed by atoms with Crippen molar-refractivity contribution in [2.75, 3.05) is 6.61 Å². The molecule has 0 fully saturated rings. The molecule has 0 radical (unpaired) electrons. The molecule has 0 heterocycles. The van der Waals surface area contributed by atoms with Crippen molar-refractivity contribution in [3.63, 3.8) is 0 Å². The Hall–Kier alpha value is -1.43. The summed E-state index contributed by atoms with van der Waals surface area (Å²) in [6, 6.07) is -0.816.